The molecule has 16 heavy (non-hydrogen) atoms. The molecule has 0 atom stereocenters. The molecule has 0 saturated carbocycles. The highest BCUT2D eigenvalue weighted by Crippen LogP contribution is 2.15. The summed E-state index contributed by atoms with van der Waals surface area (Å²) in [5, 5.41) is 3.82. The molecule has 0 unspecified atom stereocenters. The lowest BCUT2D eigenvalue weighted by molar-refractivity contribution is -0.116. The minimum Gasteiger partial charge on any atom is -0.348 e. The summed E-state index contributed by atoms with van der Waals surface area (Å²) in [7, 11) is 0. The zero-order valence-electron chi connectivity index (χ0n) is 8.81. The summed E-state index contributed by atoms with van der Waals surface area (Å²) < 4.78 is 0. The number of amides is 1. The first-order chi connectivity index (χ1) is 7.81. The molecule has 0 aliphatic rings. The van der Waals surface area contributed by atoms with Crippen molar-refractivity contribution in [3.63, 3.8) is 0 Å². The maximum atomic E-state index is 11.1. The van der Waals surface area contributed by atoms with Gasteiger partial charge in [-0.05, 0) is 17.7 Å². The molecule has 2 rings (SSSR count). The molecule has 0 fully saturated rings. The Morgan fingerprint density at radius 2 is 2.19 bits per heavy atom. The average molecular weight is 212 g/mol. The molecule has 0 aliphatic heterocycles. The number of carbonyl (C=O) groups excluding carboxylic acids is 1. The summed E-state index contributed by atoms with van der Waals surface area (Å²) in [6.45, 7) is 3.88. The van der Waals surface area contributed by atoms with Crippen LogP contribution in [0, 0.1) is 0 Å². The van der Waals surface area contributed by atoms with Crippen LogP contribution >= 0.6 is 0 Å². The third-order valence-electron chi connectivity index (χ3n) is 2.35. The minimum absolute atomic E-state index is 0.173. The largest absolute Gasteiger partial charge is 0.348 e. The Hall–Kier alpha value is -2.16. The predicted molar refractivity (Wildman–Crippen MR) is 63.8 cm³/mol. The first-order valence-electron chi connectivity index (χ1n) is 5.04. The van der Waals surface area contributed by atoms with Crippen molar-refractivity contribution in [2.24, 2.45) is 0 Å². The number of rotatable bonds is 3. The van der Waals surface area contributed by atoms with Gasteiger partial charge >= 0.3 is 0 Å². The van der Waals surface area contributed by atoms with E-state index in [1.807, 2.05) is 30.3 Å². The zero-order chi connectivity index (χ0) is 11.4. The molecule has 3 nitrogen and oxygen atoms in total. The standard InChI is InChI=1S/C13H12N2O/c1-2-12(16)15-9-11-6-3-5-10-7-4-8-14-13(10)11/h2-8H,1,9H2,(H,15,16). The lowest BCUT2D eigenvalue weighted by Gasteiger charge is -2.05. The van der Waals surface area contributed by atoms with E-state index in [1.165, 1.54) is 6.08 Å². The van der Waals surface area contributed by atoms with Gasteiger partial charge in [-0.3, -0.25) is 9.78 Å². The number of nitrogens with zero attached hydrogens (tertiary/aromatic N) is 1. The van der Waals surface area contributed by atoms with Crippen LogP contribution in [-0.4, -0.2) is 10.9 Å². The Labute approximate surface area is 93.8 Å². The van der Waals surface area contributed by atoms with Crippen LogP contribution in [0.1, 0.15) is 5.56 Å². The second-order valence-corrected chi connectivity index (χ2v) is 3.41. The molecule has 1 aromatic heterocycles. The monoisotopic (exact) mass is 212 g/mol. The molecule has 3 heteroatoms. The maximum absolute atomic E-state index is 11.1. The molecule has 80 valence electrons. The van der Waals surface area contributed by atoms with E-state index in [9.17, 15) is 4.79 Å². The molecule has 0 aliphatic carbocycles. The van der Waals surface area contributed by atoms with Crippen molar-refractivity contribution in [1.82, 2.24) is 10.3 Å². The van der Waals surface area contributed by atoms with Crippen LogP contribution in [0.4, 0.5) is 0 Å². The molecular weight excluding hydrogens is 200 g/mol. The van der Waals surface area contributed by atoms with Crippen LogP contribution in [0.25, 0.3) is 10.9 Å². The number of carbonyl (C=O) groups is 1. The molecule has 0 saturated heterocycles. The van der Waals surface area contributed by atoms with Crippen molar-refractivity contribution in [3.05, 3.63) is 54.7 Å². The number of fused-ring (bicyclic) bond motifs is 1. The van der Waals surface area contributed by atoms with E-state index < -0.39 is 0 Å². The van der Waals surface area contributed by atoms with Gasteiger partial charge in [0.15, 0.2) is 0 Å². The second-order valence-electron chi connectivity index (χ2n) is 3.41. The van der Waals surface area contributed by atoms with Crippen molar-refractivity contribution in [1.29, 1.82) is 0 Å². The van der Waals surface area contributed by atoms with E-state index in [2.05, 4.69) is 16.9 Å². The average Bonchev–Trinajstić information content (AvgIpc) is 2.35. The van der Waals surface area contributed by atoms with Crippen LogP contribution < -0.4 is 5.32 Å². The van der Waals surface area contributed by atoms with Crippen LogP contribution in [-0.2, 0) is 11.3 Å². The highest BCUT2D eigenvalue weighted by Gasteiger charge is 2.02. The fourth-order valence-corrected chi connectivity index (χ4v) is 1.56. The molecule has 1 N–H and O–H groups in total. The fraction of sp³-hybridized carbons (Fsp3) is 0.0769. The topological polar surface area (TPSA) is 42.0 Å². The molecule has 2 aromatic rings. The summed E-state index contributed by atoms with van der Waals surface area (Å²) in [5.74, 6) is -0.173. The Morgan fingerprint density at radius 1 is 1.38 bits per heavy atom. The summed E-state index contributed by atoms with van der Waals surface area (Å²) in [5.41, 5.74) is 1.93. The minimum atomic E-state index is -0.173. The summed E-state index contributed by atoms with van der Waals surface area (Å²) >= 11 is 0. The highest BCUT2D eigenvalue weighted by molar-refractivity contribution is 5.87. The van der Waals surface area contributed by atoms with Crippen molar-refractivity contribution < 1.29 is 4.79 Å². The van der Waals surface area contributed by atoms with Gasteiger partial charge in [0, 0.05) is 18.1 Å². The van der Waals surface area contributed by atoms with Gasteiger partial charge in [-0.25, -0.2) is 0 Å². The molecule has 0 bridgehead atoms. The van der Waals surface area contributed by atoms with Crippen LogP contribution in [0.3, 0.4) is 0 Å². The number of para-hydroxylation sites is 1. The number of hydrogen-bond acceptors (Lipinski definition) is 2. The first kappa shape index (κ1) is 10.4. The number of pyridine rings is 1. The van der Waals surface area contributed by atoms with Gasteiger partial charge in [-0.15, -0.1) is 0 Å². The van der Waals surface area contributed by atoms with Crippen molar-refractivity contribution >= 4 is 16.8 Å². The second kappa shape index (κ2) is 4.57. The Kier molecular flexibility index (Phi) is 2.96. The van der Waals surface area contributed by atoms with Gasteiger partial charge in [-0.1, -0.05) is 30.8 Å². The third kappa shape index (κ3) is 2.08. The van der Waals surface area contributed by atoms with E-state index in [1.54, 1.807) is 6.20 Å². The van der Waals surface area contributed by atoms with Crippen molar-refractivity contribution in [2.75, 3.05) is 0 Å². The third-order valence-corrected chi connectivity index (χ3v) is 2.35. The van der Waals surface area contributed by atoms with Crippen molar-refractivity contribution in [2.45, 2.75) is 6.54 Å². The molecule has 0 radical (unpaired) electrons. The van der Waals surface area contributed by atoms with Gasteiger partial charge in [0.1, 0.15) is 0 Å². The normalized spacial score (nSPS) is 10.0. The number of hydrogen-bond donors (Lipinski definition) is 1. The van der Waals surface area contributed by atoms with E-state index in [0.29, 0.717) is 6.54 Å². The molecule has 0 spiro atoms. The zero-order valence-corrected chi connectivity index (χ0v) is 8.81. The first-order valence-corrected chi connectivity index (χ1v) is 5.04. The van der Waals surface area contributed by atoms with Gasteiger partial charge in [0.25, 0.3) is 0 Å². The Balaban J connectivity index is 2.30. The van der Waals surface area contributed by atoms with Crippen molar-refractivity contribution in [3.8, 4) is 0 Å². The van der Waals surface area contributed by atoms with E-state index in [0.717, 1.165) is 16.5 Å². The number of aromatic nitrogens is 1. The summed E-state index contributed by atoms with van der Waals surface area (Å²) in [4.78, 5) is 15.4. The van der Waals surface area contributed by atoms with Gasteiger partial charge in [0.05, 0.1) is 5.52 Å². The fourth-order valence-electron chi connectivity index (χ4n) is 1.56. The summed E-state index contributed by atoms with van der Waals surface area (Å²) in [6.07, 6.45) is 3.01. The smallest absolute Gasteiger partial charge is 0.243 e. The quantitative estimate of drug-likeness (QED) is 0.791. The van der Waals surface area contributed by atoms with Crippen LogP contribution in [0.15, 0.2) is 49.2 Å². The van der Waals surface area contributed by atoms with Crippen LogP contribution in [0.5, 0.6) is 0 Å². The van der Waals surface area contributed by atoms with Crippen LogP contribution in [0.2, 0.25) is 0 Å². The Morgan fingerprint density at radius 3 is 3.00 bits per heavy atom. The lowest BCUT2D eigenvalue weighted by Crippen LogP contribution is -2.20. The van der Waals surface area contributed by atoms with Gasteiger partial charge in [-0.2, -0.15) is 0 Å². The van der Waals surface area contributed by atoms with E-state index in [-0.39, 0.29) is 5.91 Å². The predicted octanol–water partition coefficient (Wildman–Crippen LogP) is 2.04. The van der Waals surface area contributed by atoms with Gasteiger partial charge < -0.3 is 5.32 Å². The van der Waals surface area contributed by atoms with Gasteiger partial charge in [0.2, 0.25) is 5.91 Å². The van der Waals surface area contributed by atoms with E-state index >= 15 is 0 Å². The molecule has 1 amide bonds. The highest BCUT2D eigenvalue weighted by atomic mass is 16.1. The lowest BCUT2D eigenvalue weighted by atomic mass is 10.1. The SMILES string of the molecule is C=CC(=O)NCc1cccc2cccnc12. The maximum Gasteiger partial charge on any atom is 0.243 e. The molecule has 1 heterocycles. The molecule has 1 aromatic carbocycles. The Bertz CT molecular complexity index is 529. The number of benzene rings is 1. The molecular formula is C13H12N2O. The summed E-state index contributed by atoms with van der Waals surface area (Å²) in [6, 6.07) is 9.81. The van der Waals surface area contributed by atoms with E-state index in [4.69, 9.17) is 0 Å². The number of nitrogens with one attached hydrogen (secondary N) is 1.